The molecule has 2 heterocycles. The molecule has 1 aliphatic rings. The van der Waals surface area contributed by atoms with Gasteiger partial charge in [0.2, 0.25) is 0 Å². The molecule has 0 aliphatic carbocycles. The van der Waals surface area contributed by atoms with E-state index in [0.717, 1.165) is 30.1 Å². The van der Waals surface area contributed by atoms with Crippen LogP contribution in [0.15, 0.2) is 30.3 Å². The van der Waals surface area contributed by atoms with Gasteiger partial charge < -0.3 is 4.74 Å². The highest BCUT2D eigenvalue weighted by atomic mass is 35.5. The third kappa shape index (κ3) is 3.12. The van der Waals surface area contributed by atoms with Crippen molar-refractivity contribution < 1.29 is 9.53 Å². The molecule has 0 N–H and O–H groups in total. The summed E-state index contributed by atoms with van der Waals surface area (Å²) in [5.74, 6) is -0.181. The Balaban J connectivity index is 1.82. The van der Waals surface area contributed by atoms with E-state index in [0.29, 0.717) is 6.54 Å². The van der Waals surface area contributed by atoms with Crippen LogP contribution in [0, 0.1) is 0 Å². The van der Waals surface area contributed by atoms with E-state index in [2.05, 4.69) is 11.0 Å². The first-order valence-corrected chi connectivity index (χ1v) is 8.02. The molecular formula is C16H16ClNO2S. The number of esters is 1. The molecule has 2 aromatic rings. The number of hydrogen-bond donors (Lipinski definition) is 0. The van der Waals surface area contributed by atoms with Gasteiger partial charge in [-0.1, -0.05) is 29.8 Å². The first-order chi connectivity index (χ1) is 10.2. The van der Waals surface area contributed by atoms with E-state index in [1.807, 2.05) is 24.3 Å². The molecule has 0 spiro atoms. The van der Waals surface area contributed by atoms with Crippen molar-refractivity contribution in [3.63, 3.8) is 0 Å². The van der Waals surface area contributed by atoms with Gasteiger partial charge >= 0.3 is 5.97 Å². The standard InChI is InChI=1S/C16H16ClNO2S/c1-20-16(19)10-18-7-6-14-11(9-18)8-15(21-14)12-4-2-3-5-13(12)17/h2-5,8H,6-7,9-10H2,1H3. The normalized spacial score (nSPS) is 14.8. The number of fused-ring (bicyclic) bond motifs is 1. The third-order valence-electron chi connectivity index (χ3n) is 3.67. The predicted molar refractivity (Wildman–Crippen MR) is 85.8 cm³/mol. The monoisotopic (exact) mass is 321 g/mol. The average Bonchev–Trinajstić information content (AvgIpc) is 2.90. The number of nitrogens with zero attached hydrogens (tertiary/aromatic N) is 1. The quantitative estimate of drug-likeness (QED) is 0.809. The fraction of sp³-hybridized carbons (Fsp3) is 0.312. The highest BCUT2D eigenvalue weighted by Crippen LogP contribution is 2.37. The van der Waals surface area contributed by atoms with E-state index in [1.165, 1.54) is 22.4 Å². The van der Waals surface area contributed by atoms with E-state index in [9.17, 15) is 4.79 Å². The van der Waals surface area contributed by atoms with Gasteiger partial charge in [0.25, 0.3) is 0 Å². The lowest BCUT2D eigenvalue weighted by Crippen LogP contribution is -2.34. The van der Waals surface area contributed by atoms with E-state index in [1.54, 1.807) is 11.3 Å². The van der Waals surface area contributed by atoms with Crippen LogP contribution in [0.3, 0.4) is 0 Å². The number of ether oxygens (including phenoxy) is 1. The van der Waals surface area contributed by atoms with Gasteiger partial charge in [0.1, 0.15) is 0 Å². The lowest BCUT2D eigenvalue weighted by atomic mass is 10.1. The summed E-state index contributed by atoms with van der Waals surface area (Å²) in [5, 5.41) is 0.780. The molecule has 5 heteroatoms. The van der Waals surface area contributed by atoms with Gasteiger partial charge in [-0.15, -0.1) is 11.3 Å². The van der Waals surface area contributed by atoms with Crippen LogP contribution in [-0.4, -0.2) is 31.1 Å². The molecule has 0 radical (unpaired) electrons. The fourth-order valence-corrected chi connectivity index (χ4v) is 4.06. The van der Waals surface area contributed by atoms with Crippen LogP contribution >= 0.6 is 22.9 Å². The number of thiophene rings is 1. The molecule has 1 aromatic heterocycles. The smallest absolute Gasteiger partial charge is 0.319 e. The Morgan fingerprint density at radius 1 is 1.43 bits per heavy atom. The number of benzene rings is 1. The van der Waals surface area contributed by atoms with Crippen molar-refractivity contribution >= 4 is 28.9 Å². The molecule has 0 fully saturated rings. The van der Waals surface area contributed by atoms with Crippen molar-refractivity contribution in [1.29, 1.82) is 0 Å². The summed E-state index contributed by atoms with van der Waals surface area (Å²) >= 11 is 8.08. The van der Waals surface area contributed by atoms with Crippen LogP contribution < -0.4 is 0 Å². The number of rotatable bonds is 3. The molecule has 3 rings (SSSR count). The van der Waals surface area contributed by atoms with E-state index >= 15 is 0 Å². The molecular weight excluding hydrogens is 306 g/mol. The summed E-state index contributed by atoms with van der Waals surface area (Å²) in [5.41, 5.74) is 2.38. The number of carbonyl (C=O) groups is 1. The maximum Gasteiger partial charge on any atom is 0.319 e. The summed E-state index contributed by atoms with van der Waals surface area (Å²) in [7, 11) is 1.43. The van der Waals surface area contributed by atoms with Crippen molar-refractivity contribution in [1.82, 2.24) is 4.90 Å². The summed E-state index contributed by atoms with van der Waals surface area (Å²) in [6.45, 7) is 2.04. The Labute approximate surface area is 133 Å². The van der Waals surface area contributed by atoms with Crippen molar-refractivity contribution in [3.05, 3.63) is 45.8 Å². The van der Waals surface area contributed by atoms with Gasteiger partial charge in [-0.3, -0.25) is 9.69 Å². The molecule has 1 aromatic carbocycles. The van der Waals surface area contributed by atoms with E-state index in [4.69, 9.17) is 16.3 Å². The van der Waals surface area contributed by atoms with Gasteiger partial charge in [-0.25, -0.2) is 0 Å². The van der Waals surface area contributed by atoms with Crippen molar-refractivity contribution in [2.24, 2.45) is 0 Å². The molecule has 0 saturated heterocycles. The lowest BCUT2D eigenvalue weighted by molar-refractivity contribution is -0.142. The van der Waals surface area contributed by atoms with E-state index in [-0.39, 0.29) is 5.97 Å². The van der Waals surface area contributed by atoms with Crippen LogP contribution in [0.2, 0.25) is 5.02 Å². The average molecular weight is 322 g/mol. The second-order valence-electron chi connectivity index (χ2n) is 5.08. The number of halogens is 1. The maximum absolute atomic E-state index is 11.4. The summed E-state index contributed by atoms with van der Waals surface area (Å²) in [6, 6.07) is 10.1. The molecule has 0 atom stereocenters. The van der Waals surface area contributed by atoms with Crippen LogP contribution in [0.1, 0.15) is 10.4 Å². The highest BCUT2D eigenvalue weighted by molar-refractivity contribution is 7.15. The van der Waals surface area contributed by atoms with Crippen molar-refractivity contribution in [3.8, 4) is 10.4 Å². The zero-order chi connectivity index (χ0) is 14.8. The second-order valence-corrected chi connectivity index (χ2v) is 6.62. The van der Waals surface area contributed by atoms with Gasteiger partial charge in [-0.2, -0.15) is 0 Å². The zero-order valence-corrected chi connectivity index (χ0v) is 13.3. The number of methoxy groups -OCH3 is 1. The largest absolute Gasteiger partial charge is 0.468 e. The minimum absolute atomic E-state index is 0.181. The van der Waals surface area contributed by atoms with Gasteiger partial charge in [0, 0.05) is 33.4 Å². The zero-order valence-electron chi connectivity index (χ0n) is 11.8. The third-order valence-corrected chi connectivity index (χ3v) is 5.27. The molecule has 21 heavy (non-hydrogen) atoms. The molecule has 0 amide bonds. The molecule has 110 valence electrons. The van der Waals surface area contributed by atoms with Crippen molar-refractivity contribution in [2.45, 2.75) is 13.0 Å². The van der Waals surface area contributed by atoms with Crippen LogP contribution in [0.25, 0.3) is 10.4 Å². The molecule has 0 bridgehead atoms. The highest BCUT2D eigenvalue weighted by Gasteiger charge is 2.21. The van der Waals surface area contributed by atoms with Gasteiger partial charge in [-0.05, 0) is 24.1 Å². The van der Waals surface area contributed by atoms with Gasteiger partial charge in [0.05, 0.1) is 13.7 Å². The Morgan fingerprint density at radius 2 is 2.24 bits per heavy atom. The van der Waals surface area contributed by atoms with Crippen molar-refractivity contribution in [2.75, 3.05) is 20.2 Å². The second kappa shape index (κ2) is 6.18. The molecule has 1 aliphatic heterocycles. The van der Waals surface area contributed by atoms with Crippen LogP contribution in [0.5, 0.6) is 0 Å². The Hall–Kier alpha value is -1.36. The topological polar surface area (TPSA) is 29.5 Å². The SMILES string of the molecule is COC(=O)CN1CCc2sc(-c3ccccc3Cl)cc2C1. The Morgan fingerprint density at radius 3 is 3.00 bits per heavy atom. The first-order valence-electron chi connectivity index (χ1n) is 6.83. The predicted octanol–water partition coefficient (Wildman–Crippen LogP) is 3.60. The molecule has 3 nitrogen and oxygen atoms in total. The number of hydrogen-bond acceptors (Lipinski definition) is 4. The maximum atomic E-state index is 11.4. The minimum Gasteiger partial charge on any atom is -0.468 e. The lowest BCUT2D eigenvalue weighted by Gasteiger charge is -2.25. The van der Waals surface area contributed by atoms with Crippen LogP contribution in [0.4, 0.5) is 0 Å². The van der Waals surface area contributed by atoms with Gasteiger partial charge in [0.15, 0.2) is 0 Å². The summed E-state index contributed by atoms with van der Waals surface area (Å²) in [4.78, 5) is 16.1. The first kappa shape index (κ1) is 14.6. The molecule has 0 unspecified atom stereocenters. The fourth-order valence-electron chi connectivity index (χ4n) is 2.57. The molecule has 0 saturated carbocycles. The van der Waals surface area contributed by atoms with Crippen LogP contribution in [-0.2, 0) is 22.5 Å². The number of carbonyl (C=O) groups excluding carboxylic acids is 1. The summed E-state index contributed by atoms with van der Waals surface area (Å²) < 4.78 is 4.74. The minimum atomic E-state index is -0.181. The van der Waals surface area contributed by atoms with E-state index < -0.39 is 0 Å². The summed E-state index contributed by atoms with van der Waals surface area (Å²) in [6.07, 6.45) is 0.974. The Bertz CT molecular complexity index is 668. The Kier molecular flexibility index (Phi) is 4.29.